The van der Waals surface area contributed by atoms with Crippen molar-refractivity contribution in [2.75, 3.05) is 13.1 Å². The van der Waals surface area contributed by atoms with Gasteiger partial charge in [-0.15, -0.1) is 0 Å². The minimum atomic E-state index is -0.0540. The molecule has 0 radical (unpaired) electrons. The van der Waals surface area contributed by atoms with Crippen LogP contribution in [0.5, 0.6) is 0 Å². The zero-order chi connectivity index (χ0) is 9.90. The molecule has 1 rings (SSSR count). The van der Waals surface area contributed by atoms with Gasteiger partial charge in [0, 0.05) is 13.1 Å². The number of rotatable bonds is 0. The summed E-state index contributed by atoms with van der Waals surface area (Å²) in [4.78, 5) is 6.64. The summed E-state index contributed by atoms with van der Waals surface area (Å²) in [5, 5.41) is 0. The smallest absolute Gasteiger partial charge is 0.191 e. The Morgan fingerprint density at radius 1 is 1.15 bits per heavy atom. The highest BCUT2D eigenvalue weighted by Gasteiger charge is 2.15. The predicted octanol–water partition coefficient (Wildman–Crippen LogP) is 1.59. The molecule has 0 spiro atoms. The van der Waals surface area contributed by atoms with Gasteiger partial charge in [0.25, 0.3) is 0 Å². The zero-order valence-corrected chi connectivity index (χ0v) is 9.01. The van der Waals surface area contributed by atoms with Crippen molar-refractivity contribution in [3.05, 3.63) is 0 Å². The van der Waals surface area contributed by atoms with Crippen LogP contribution in [-0.4, -0.2) is 29.5 Å². The van der Waals surface area contributed by atoms with Gasteiger partial charge in [-0.1, -0.05) is 0 Å². The van der Waals surface area contributed by atoms with Crippen LogP contribution in [0.15, 0.2) is 4.99 Å². The molecular formula is C10H21N3. The Hall–Kier alpha value is -0.730. The standard InChI is InChI=1S/C10H21N3/c1-10(2,3)12-9(11)13-7-5-4-6-8-13/h4-8H2,1-3H3,(H2,11,12). The van der Waals surface area contributed by atoms with Crippen molar-refractivity contribution in [1.82, 2.24) is 4.90 Å². The van der Waals surface area contributed by atoms with Crippen LogP contribution < -0.4 is 5.73 Å². The molecule has 0 unspecified atom stereocenters. The lowest BCUT2D eigenvalue weighted by Crippen LogP contribution is -2.42. The van der Waals surface area contributed by atoms with Gasteiger partial charge in [0.2, 0.25) is 0 Å². The minimum absolute atomic E-state index is 0.0540. The van der Waals surface area contributed by atoms with Crippen molar-refractivity contribution < 1.29 is 0 Å². The maximum Gasteiger partial charge on any atom is 0.191 e. The Balaban J connectivity index is 2.54. The van der Waals surface area contributed by atoms with E-state index in [0.29, 0.717) is 5.96 Å². The molecule has 1 aliphatic heterocycles. The molecule has 0 amide bonds. The Labute approximate surface area is 81.0 Å². The third kappa shape index (κ3) is 3.66. The first-order valence-corrected chi connectivity index (χ1v) is 5.09. The molecule has 0 aromatic heterocycles. The van der Waals surface area contributed by atoms with Crippen LogP contribution >= 0.6 is 0 Å². The summed E-state index contributed by atoms with van der Waals surface area (Å²) in [5.41, 5.74) is 5.86. The topological polar surface area (TPSA) is 41.6 Å². The molecule has 76 valence electrons. The fourth-order valence-electron chi connectivity index (χ4n) is 1.54. The number of hydrogen-bond acceptors (Lipinski definition) is 1. The van der Waals surface area contributed by atoms with Gasteiger partial charge in [0.05, 0.1) is 5.54 Å². The second kappa shape index (κ2) is 3.99. The molecule has 3 nitrogen and oxygen atoms in total. The monoisotopic (exact) mass is 183 g/mol. The number of aliphatic imine (C=N–C) groups is 1. The Bertz CT molecular complexity index is 185. The summed E-state index contributed by atoms with van der Waals surface area (Å²) in [6.07, 6.45) is 3.83. The summed E-state index contributed by atoms with van der Waals surface area (Å²) < 4.78 is 0. The molecular weight excluding hydrogens is 162 g/mol. The number of nitrogens with two attached hydrogens (primary N) is 1. The van der Waals surface area contributed by atoms with Crippen molar-refractivity contribution in [1.29, 1.82) is 0 Å². The summed E-state index contributed by atoms with van der Waals surface area (Å²) in [6, 6.07) is 0. The molecule has 0 aliphatic carbocycles. The van der Waals surface area contributed by atoms with E-state index in [2.05, 4.69) is 30.7 Å². The maximum atomic E-state index is 5.91. The van der Waals surface area contributed by atoms with Crippen LogP contribution in [0.2, 0.25) is 0 Å². The third-order valence-corrected chi connectivity index (χ3v) is 2.13. The first-order chi connectivity index (χ1) is 5.99. The third-order valence-electron chi connectivity index (χ3n) is 2.13. The summed E-state index contributed by atoms with van der Waals surface area (Å²) in [6.45, 7) is 8.37. The van der Waals surface area contributed by atoms with E-state index in [0.717, 1.165) is 13.1 Å². The van der Waals surface area contributed by atoms with Gasteiger partial charge in [-0.25, -0.2) is 4.99 Å². The second-order valence-corrected chi connectivity index (χ2v) is 4.69. The van der Waals surface area contributed by atoms with Crippen LogP contribution in [0.4, 0.5) is 0 Å². The van der Waals surface area contributed by atoms with Gasteiger partial charge < -0.3 is 10.6 Å². The van der Waals surface area contributed by atoms with Gasteiger partial charge in [0.1, 0.15) is 0 Å². The molecule has 0 aromatic rings. The van der Waals surface area contributed by atoms with Crippen molar-refractivity contribution in [3.63, 3.8) is 0 Å². The van der Waals surface area contributed by atoms with E-state index in [1.165, 1.54) is 19.3 Å². The van der Waals surface area contributed by atoms with E-state index in [-0.39, 0.29) is 5.54 Å². The normalized spacial score (nSPS) is 20.5. The van der Waals surface area contributed by atoms with E-state index in [1.54, 1.807) is 0 Å². The Morgan fingerprint density at radius 2 is 1.69 bits per heavy atom. The van der Waals surface area contributed by atoms with Gasteiger partial charge in [-0.05, 0) is 40.0 Å². The predicted molar refractivity (Wildman–Crippen MR) is 56.8 cm³/mol. The number of guanidine groups is 1. The molecule has 0 saturated carbocycles. The Morgan fingerprint density at radius 3 is 2.15 bits per heavy atom. The lowest BCUT2D eigenvalue weighted by atomic mass is 10.1. The second-order valence-electron chi connectivity index (χ2n) is 4.69. The largest absolute Gasteiger partial charge is 0.370 e. The van der Waals surface area contributed by atoms with Gasteiger partial charge in [-0.3, -0.25) is 0 Å². The van der Waals surface area contributed by atoms with Gasteiger partial charge in [-0.2, -0.15) is 0 Å². The highest BCUT2D eigenvalue weighted by Crippen LogP contribution is 2.11. The van der Waals surface area contributed by atoms with Crippen molar-refractivity contribution >= 4 is 5.96 Å². The van der Waals surface area contributed by atoms with Gasteiger partial charge >= 0.3 is 0 Å². The summed E-state index contributed by atoms with van der Waals surface area (Å²) in [7, 11) is 0. The fraction of sp³-hybridized carbons (Fsp3) is 0.900. The van der Waals surface area contributed by atoms with Crippen LogP contribution in [0.3, 0.4) is 0 Å². The van der Waals surface area contributed by atoms with Crippen LogP contribution in [0, 0.1) is 0 Å². The highest BCUT2D eigenvalue weighted by molar-refractivity contribution is 5.78. The van der Waals surface area contributed by atoms with Crippen molar-refractivity contribution in [3.8, 4) is 0 Å². The van der Waals surface area contributed by atoms with Gasteiger partial charge in [0.15, 0.2) is 5.96 Å². The van der Waals surface area contributed by atoms with Crippen LogP contribution in [-0.2, 0) is 0 Å². The average molecular weight is 183 g/mol. The van der Waals surface area contributed by atoms with Crippen molar-refractivity contribution in [2.24, 2.45) is 10.7 Å². The molecule has 0 aromatic carbocycles. The minimum Gasteiger partial charge on any atom is -0.370 e. The van der Waals surface area contributed by atoms with Crippen molar-refractivity contribution in [2.45, 2.75) is 45.6 Å². The van der Waals surface area contributed by atoms with Crippen LogP contribution in [0.1, 0.15) is 40.0 Å². The average Bonchev–Trinajstić information content (AvgIpc) is 2.03. The fourth-order valence-corrected chi connectivity index (χ4v) is 1.54. The molecule has 3 heteroatoms. The van der Waals surface area contributed by atoms with E-state index < -0.39 is 0 Å². The lowest BCUT2D eigenvalue weighted by Gasteiger charge is -2.29. The number of hydrogen-bond donors (Lipinski definition) is 1. The Kier molecular flexibility index (Phi) is 3.17. The van der Waals surface area contributed by atoms with Crippen LogP contribution in [0.25, 0.3) is 0 Å². The molecule has 1 fully saturated rings. The molecule has 2 N–H and O–H groups in total. The number of likely N-dealkylation sites (tertiary alicyclic amines) is 1. The van der Waals surface area contributed by atoms with E-state index in [9.17, 15) is 0 Å². The number of nitrogens with zero attached hydrogens (tertiary/aromatic N) is 2. The van der Waals surface area contributed by atoms with E-state index in [4.69, 9.17) is 5.73 Å². The maximum absolute atomic E-state index is 5.91. The molecule has 13 heavy (non-hydrogen) atoms. The lowest BCUT2D eigenvalue weighted by molar-refractivity contribution is 0.334. The quantitative estimate of drug-likeness (QED) is 0.457. The molecule has 1 heterocycles. The molecule has 0 bridgehead atoms. The zero-order valence-electron chi connectivity index (χ0n) is 9.01. The van der Waals surface area contributed by atoms with E-state index >= 15 is 0 Å². The molecule has 0 atom stereocenters. The summed E-state index contributed by atoms with van der Waals surface area (Å²) in [5.74, 6) is 0.715. The SMILES string of the molecule is CC(C)(C)N=C(N)N1CCCCC1. The summed E-state index contributed by atoms with van der Waals surface area (Å²) >= 11 is 0. The first kappa shape index (κ1) is 10.4. The molecule has 1 aliphatic rings. The first-order valence-electron chi connectivity index (χ1n) is 5.09. The molecule has 1 saturated heterocycles. The number of piperidine rings is 1. The highest BCUT2D eigenvalue weighted by atomic mass is 15.3. The van der Waals surface area contributed by atoms with E-state index in [1.807, 2.05) is 0 Å².